The molecule has 1 aromatic heterocycles. The second kappa shape index (κ2) is 10.1. The number of likely N-dealkylation sites (tertiary alicyclic amines) is 1. The van der Waals surface area contributed by atoms with Crippen LogP contribution >= 0.6 is 0 Å². The maximum atomic E-state index is 13.3. The van der Waals surface area contributed by atoms with Gasteiger partial charge in [0.25, 0.3) is 11.7 Å². The molecular weight excluding hydrogens is 444 g/mol. The zero-order valence-corrected chi connectivity index (χ0v) is 20.4. The van der Waals surface area contributed by atoms with Crippen molar-refractivity contribution in [1.82, 2.24) is 19.6 Å². The third-order valence-electron chi connectivity index (χ3n) is 6.24. The fraction of sp³-hybridized carbons (Fsp3) is 0.296. The number of aliphatic hydroxyl groups excluding tert-OH is 1. The molecule has 1 aliphatic rings. The topological polar surface area (TPSA) is 87.9 Å². The van der Waals surface area contributed by atoms with E-state index >= 15 is 0 Å². The number of ketones is 1. The first-order valence-corrected chi connectivity index (χ1v) is 11.5. The predicted molar refractivity (Wildman–Crippen MR) is 133 cm³/mol. The molecule has 0 unspecified atom stereocenters. The number of ether oxygens (including phenoxy) is 1. The highest BCUT2D eigenvalue weighted by atomic mass is 16.5. The summed E-state index contributed by atoms with van der Waals surface area (Å²) in [4.78, 5) is 30.0. The summed E-state index contributed by atoms with van der Waals surface area (Å²) in [5.74, 6) is -1.04. The lowest BCUT2D eigenvalue weighted by Gasteiger charge is -2.27. The first kappa shape index (κ1) is 24.2. The van der Waals surface area contributed by atoms with Gasteiger partial charge in [-0.2, -0.15) is 5.10 Å². The number of benzene rings is 2. The fourth-order valence-corrected chi connectivity index (χ4v) is 4.50. The minimum Gasteiger partial charge on any atom is -0.507 e. The van der Waals surface area contributed by atoms with Crippen LogP contribution in [0.15, 0.2) is 66.4 Å². The minimum absolute atomic E-state index is 0.0417. The van der Waals surface area contributed by atoms with Gasteiger partial charge >= 0.3 is 0 Å². The van der Waals surface area contributed by atoms with Gasteiger partial charge < -0.3 is 19.6 Å². The third kappa shape index (κ3) is 4.57. The molecule has 1 atom stereocenters. The summed E-state index contributed by atoms with van der Waals surface area (Å²) in [6.45, 7) is 2.94. The van der Waals surface area contributed by atoms with Crippen LogP contribution in [0.4, 0.5) is 0 Å². The van der Waals surface area contributed by atoms with Crippen molar-refractivity contribution in [2.24, 2.45) is 0 Å². The Bertz CT molecular complexity index is 1260. The molecule has 0 radical (unpaired) electrons. The van der Waals surface area contributed by atoms with Crippen LogP contribution < -0.4 is 4.74 Å². The van der Waals surface area contributed by atoms with Crippen LogP contribution in [-0.4, -0.2) is 70.7 Å². The number of methoxy groups -OCH3 is 1. The Morgan fingerprint density at radius 3 is 2.46 bits per heavy atom. The van der Waals surface area contributed by atoms with Crippen molar-refractivity contribution in [3.8, 4) is 11.4 Å². The summed E-state index contributed by atoms with van der Waals surface area (Å²) < 4.78 is 7.26. The normalized spacial score (nSPS) is 17.4. The molecule has 182 valence electrons. The van der Waals surface area contributed by atoms with Gasteiger partial charge in [-0.25, -0.2) is 4.68 Å². The van der Waals surface area contributed by atoms with E-state index in [4.69, 9.17) is 4.74 Å². The predicted octanol–water partition coefficient (Wildman–Crippen LogP) is 3.56. The molecule has 1 amide bonds. The molecule has 0 saturated carbocycles. The molecule has 0 bridgehead atoms. The van der Waals surface area contributed by atoms with E-state index in [2.05, 4.69) is 5.10 Å². The number of aliphatic hydroxyl groups is 1. The molecule has 8 nitrogen and oxygen atoms in total. The van der Waals surface area contributed by atoms with Crippen LogP contribution in [0, 0.1) is 6.92 Å². The molecule has 2 heterocycles. The molecule has 1 N–H and O–H groups in total. The van der Waals surface area contributed by atoms with Crippen molar-refractivity contribution in [2.45, 2.75) is 19.4 Å². The molecule has 4 rings (SSSR count). The summed E-state index contributed by atoms with van der Waals surface area (Å²) in [5.41, 5.74) is 2.58. The number of nitrogens with zero attached hydrogens (tertiary/aromatic N) is 4. The number of para-hydroxylation sites is 2. The van der Waals surface area contributed by atoms with Crippen LogP contribution in [0.2, 0.25) is 0 Å². The van der Waals surface area contributed by atoms with Gasteiger partial charge in [0, 0.05) is 12.1 Å². The smallest absolute Gasteiger partial charge is 0.295 e. The molecule has 0 spiro atoms. The molecule has 0 aliphatic carbocycles. The molecule has 1 fully saturated rings. The molecule has 2 aromatic carbocycles. The number of rotatable bonds is 8. The van der Waals surface area contributed by atoms with E-state index in [-0.39, 0.29) is 11.3 Å². The maximum absolute atomic E-state index is 13.3. The maximum Gasteiger partial charge on any atom is 0.295 e. The van der Waals surface area contributed by atoms with Crippen LogP contribution in [0.1, 0.15) is 29.3 Å². The SMILES string of the molecule is COc1ccccc1[C@H]1/C(=C(\O)c2cnn(-c3ccccc3)c2C)C(=O)C(=O)N1CCCN(C)C. The zero-order chi connectivity index (χ0) is 25.1. The van der Waals surface area contributed by atoms with Gasteiger partial charge in [-0.05, 0) is 52.2 Å². The average Bonchev–Trinajstić information content (AvgIpc) is 3.36. The summed E-state index contributed by atoms with van der Waals surface area (Å²) >= 11 is 0. The molecule has 3 aromatic rings. The minimum atomic E-state index is -0.771. The Hall–Kier alpha value is -3.91. The number of carbonyl (C=O) groups is 2. The lowest BCUT2D eigenvalue weighted by atomic mass is 9.94. The highest BCUT2D eigenvalue weighted by molar-refractivity contribution is 6.46. The van der Waals surface area contributed by atoms with Gasteiger partial charge in [0.05, 0.1) is 41.9 Å². The van der Waals surface area contributed by atoms with Crippen LogP contribution in [-0.2, 0) is 9.59 Å². The van der Waals surface area contributed by atoms with E-state index in [1.165, 1.54) is 11.1 Å². The van der Waals surface area contributed by atoms with E-state index < -0.39 is 17.7 Å². The van der Waals surface area contributed by atoms with Gasteiger partial charge in [-0.15, -0.1) is 0 Å². The van der Waals surface area contributed by atoms with Crippen molar-refractivity contribution in [1.29, 1.82) is 0 Å². The number of amides is 1. The van der Waals surface area contributed by atoms with Gasteiger partial charge in [-0.1, -0.05) is 36.4 Å². The van der Waals surface area contributed by atoms with Crippen molar-refractivity contribution in [3.63, 3.8) is 0 Å². The number of Topliss-reactive ketones (excluding diaryl/α,β-unsaturated/α-hetero) is 1. The van der Waals surface area contributed by atoms with Gasteiger partial charge in [0.15, 0.2) is 0 Å². The fourth-order valence-electron chi connectivity index (χ4n) is 4.50. The lowest BCUT2D eigenvalue weighted by molar-refractivity contribution is -0.140. The summed E-state index contributed by atoms with van der Waals surface area (Å²) in [6.07, 6.45) is 2.20. The molecule has 8 heteroatoms. The Balaban J connectivity index is 1.84. The van der Waals surface area contributed by atoms with Crippen molar-refractivity contribution in [2.75, 3.05) is 34.3 Å². The highest BCUT2D eigenvalue weighted by Crippen LogP contribution is 2.43. The van der Waals surface area contributed by atoms with Crippen LogP contribution in [0.5, 0.6) is 5.75 Å². The Kier molecular flexibility index (Phi) is 7.02. The third-order valence-corrected chi connectivity index (χ3v) is 6.24. The first-order chi connectivity index (χ1) is 16.8. The van der Waals surface area contributed by atoms with Gasteiger partial charge in [0.1, 0.15) is 11.5 Å². The van der Waals surface area contributed by atoms with Crippen molar-refractivity contribution < 1.29 is 19.4 Å². The molecule has 35 heavy (non-hydrogen) atoms. The van der Waals surface area contributed by atoms with Crippen LogP contribution in [0.25, 0.3) is 11.4 Å². The van der Waals surface area contributed by atoms with Crippen molar-refractivity contribution in [3.05, 3.63) is 83.2 Å². The lowest BCUT2D eigenvalue weighted by Crippen LogP contribution is -2.32. The Labute approximate surface area is 205 Å². The number of hydrogen-bond donors (Lipinski definition) is 1. The quantitative estimate of drug-likeness (QED) is 0.305. The number of aromatic nitrogens is 2. The van der Waals surface area contributed by atoms with E-state index in [1.807, 2.05) is 74.4 Å². The second-order valence-corrected chi connectivity index (χ2v) is 8.78. The zero-order valence-electron chi connectivity index (χ0n) is 20.4. The molecule has 1 aliphatic heterocycles. The number of hydrogen-bond acceptors (Lipinski definition) is 6. The average molecular weight is 475 g/mol. The van der Waals surface area contributed by atoms with Gasteiger partial charge in [-0.3, -0.25) is 9.59 Å². The highest BCUT2D eigenvalue weighted by Gasteiger charge is 2.47. The number of carbonyl (C=O) groups excluding carboxylic acids is 2. The van der Waals surface area contributed by atoms with Gasteiger partial charge in [0.2, 0.25) is 0 Å². The van der Waals surface area contributed by atoms with Crippen molar-refractivity contribution >= 4 is 17.4 Å². The van der Waals surface area contributed by atoms with E-state index in [0.29, 0.717) is 35.5 Å². The Morgan fingerprint density at radius 1 is 1.09 bits per heavy atom. The molecular formula is C27H30N4O4. The second-order valence-electron chi connectivity index (χ2n) is 8.78. The summed E-state index contributed by atoms with van der Waals surface area (Å²) in [5, 5.41) is 15.9. The Morgan fingerprint density at radius 2 is 1.77 bits per heavy atom. The van der Waals surface area contributed by atoms with E-state index in [1.54, 1.807) is 17.9 Å². The van der Waals surface area contributed by atoms with Crippen LogP contribution in [0.3, 0.4) is 0 Å². The largest absolute Gasteiger partial charge is 0.507 e. The molecule has 1 saturated heterocycles. The summed E-state index contributed by atoms with van der Waals surface area (Å²) in [6, 6.07) is 16.0. The first-order valence-electron chi connectivity index (χ1n) is 11.5. The summed E-state index contributed by atoms with van der Waals surface area (Å²) in [7, 11) is 5.46. The van der Waals surface area contributed by atoms with E-state index in [9.17, 15) is 14.7 Å². The standard InChI is InChI=1S/C27H30N4O4/c1-18-21(17-28-31(18)19-11-6-5-7-12-19)25(32)23-24(20-13-8-9-14-22(20)35-4)30(27(34)26(23)33)16-10-15-29(2)3/h5-9,11-14,17,24,32H,10,15-16H2,1-4H3/b25-23+/t24-/m0/s1. The van der Waals surface area contributed by atoms with E-state index in [0.717, 1.165) is 12.2 Å². The monoisotopic (exact) mass is 474 g/mol.